The molecule has 0 atom stereocenters. The van der Waals surface area contributed by atoms with Crippen LogP contribution in [0, 0.1) is 5.92 Å². The van der Waals surface area contributed by atoms with Crippen molar-refractivity contribution < 1.29 is 14.3 Å². The predicted molar refractivity (Wildman–Crippen MR) is 140 cm³/mol. The number of amides is 2. The molecule has 1 aromatic heterocycles. The number of fused-ring (bicyclic) bond motifs is 1. The molecule has 2 heterocycles. The number of imidazole rings is 1. The monoisotopic (exact) mass is 482 g/mol. The van der Waals surface area contributed by atoms with E-state index >= 15 is 0 Å². The van der Waals surface area contributed by atoms with Gasteiger partial charge in [0, 0.05) is 37.8 Å². The summed E-state index contributed by atoms with van der Waals surface area (Å²) in [5, 5.41) is 2.73. The molecule has 184 valence electrons. The summed E-state index contributed by atoms with van der Waals surface area (Å²) in [7, 11) is 0. The van der Waals surface area contributed by atoms with Crippen LogP contribution in [0.1, 0.15) is 35.9 Å². The third kappa shape index (κ3) is 5.40. The number of aromatic nitrogens is 2. The zero-order valence-corrected chi connectivity index (χ0v) is 20.4. The largest absolute Gasteiger partial charge is 0.486 e. The van der Waals surface area contributed by atoms with E-state index in [4.69, 9.17) is 9.72 Å². The Morgan fingerprint density at radius 1 is 0.944 bits per heavy atom. The van der Waals surface area contributed by atoms with Gasteiger partial charge in [-0.1, -0.05) is 30.3 Å². The van der Waals surface area contributed by atoms with E-state index in [2.05, 4.69) is 16.0 Å². The Morgan fingerprint density at radius 3 is 2.36 bits per heavy atom. The van der Waals surface area contributed by atoms with E-state index < -0.39 is 0 Å². The summed E-state index contributed by atoms with van der Waals surface area (Å²) in [5.74, 6) is 2.10. The maximum Gasteiger partial charge on any atom is 0.253 e. The van der Waals surface area contributed by atoms with Crippen molar-refractivity contribution >= 4 is 28.5 Å². The van der Waals surface area contributed by atoms with Crippen LogP contribution in [0.3, 0.4) is 0 Å². The summed E-state index contributed by atoms with van der Waals surface area (Å²) in [5.41, 5.74) is 3.42. The average molecular weight is 483 g/mol. The number of ether oxygens (including phenoxy) is 1. The van der Waals surface area contributed by atoms with Crippen molar-refractivity contribution in [3.8, 4) is 5.75 Å². The quantitative estimate of drug-likeness (QED) is 0.396. The fraction of sp³-hybridized carbons (Fsp3) is 0.276. The normalized spacial score (nSPS) is 14.1. The van der Waals surface area contributed by atoms with Crippen LogP contribution in [0.5, 0.6) is 5.75 Å². The molecule has 0 aliphatic carbocycles. The number of nitrogens with zero attached hydrogens (tertiary/aromatic N) is 3. The molecule has 5 rings (SSSR count). The summed E-state index contributed by atoms with van der Waals surface area (Å²) >= 11 is 0. The third-order valence-electron chi connectivity index (χ3n) is 6.64. The molecule has 1 N–H and O–H groups in total. The number of hydrogen-bond acceptors (Lipinski definition) is 4. The minimum Gasteiger partial charge on any atom is -0.486 e. The Kier molecular flexibility index (Phi) is 6.98. The van der Waals surface area contributed by atoms with Crippen molar-refractivity contribution in [2.45, 2.75) is 32.9 Å². The van der Waals surface area contributed by atoms with Gasteiger partial charge in [-0.05, 0) is 67.3 Å². The van der Waals surface area contributed by atoms with Crippen molar-refractivity contribution in [2.75, 3.05) is 18.4 Å². The summed E-state index contributed by atoms with van der Waals surface area (Å²) in [4.78, 5) is 31.0. The average Bonchev–Trinajstić information content (AvgIpc) is 3.25. The SMILES string of the molecule is CC(=O)Nc1ccc(C(=O)N2CCC(Cn3c(COc4ccccc4)nc4ccccc43)CC2)cc1. The van der Waals surface area contributed by atoms with Crippen molar-refractivity contribution in [1.29, 1.82) is 0 Å². The topological polar surface area (TPSA) is 76.5 Å². The van der Waals surface area contributed by atoms with E-state index in [1.807, 2.05) is 53.4 Å². The van der Waals surface area contributed by atoms with Crippen LogP contribution < -0.4 is 10.1 Å². The minimum atomic E-state index is -0.128. The van der Waals surface area contributed by atoms with Gasteiger partial charge in [-0.3, -0.25) is 9.59 Å². The molecule has 1 saturated heterocycles. The van der Waals surface area contributed by atoms with Crippen LogP contribution in [0.15, 0.2) is 78.9 Å². The van der Waals surface area contributed by atoms with Crippen LogP contribution in [-0.4, -0.2) is 39.4 Å². The van der Waals surface area contributed by atoms with Crippen molar-refractivity contribution in [3.63, 3.8) is 0 Å². The molecule has 0 radical (unpaired) electrons. The summed E-state index contributed by atoms with van der Waals surface area (Å²) in [6, 6.07) is 25.1. The lowest BCUT2D eigenvalue weighted by atomic mass is 9.96. The number of carbonyl (C=O) groups is 2. The molecular weight excluding hydrogens is 452 g/mol. The Hall–Kier alpha value is -4.13. The zero-order valence-electron chi connectivity index (χ0n) is 20.4. The predicted octanol–water partition coefficient (Wildman–Crippen LogP) is 5.13. The minimum absolute atomic E-state index is 0.0351. The second-order valence-electron chi connectivity index (χ2n) is 9.22. The van der Waals surface area contributed by atoms with E-state index in [1.54, 1.807) is 24.3 Å². The standard InChI is InChI=1S/C29H30N4O3/c1-21(34)30-24-13-11-23(12-14-24)29(35)32-17-15-22(16-18-32)19-33-27-10-6-5-9-26(27)31-28(33)20-36-25-7-3-2-4-8-25/h2-14,22H,15-20H2,1H3,(H,30,34). The van der Waals surface area contributed by atoms with E-state index in [0.29, 0.717) is 23.8 Å². The first kappa shape index (κ1) is 23.6. The zero-order chi connectivity index (χ0) is 24.9. The number of nitrogens with one attached hydrogen (secondary N) is 1. The molecule has 0 bridgehead atoms. The van der Waals surface area contributed by atoms with Gasteiger partial charge in [0.15, 0.2) is 0 Å². The Balaban J connectivity index is 1.23. The van der Waals surface area contributed by atoms with E-state index in [9.17, 15) is 9.59 Å². The number of rotatable bonds is 7. The Labute approximate surface area is 210 Å². The van der Waals surface area contributed by atoms with Crippen LogP contribution in [0.2, 0.25) is 0 Å². The molecule has 0 spiro atoms. The van der Waals surface area contributed by atoms with Gasteiger partial charge in [-0.2, -0.15) is 0 Å². The fourth-order valence-electron chi connectivity index (χ4n) is 4.76. The fourth-order valence-corrected chi connectivity index (χ4v) is 4.76. The molecule has 2 amide bonds. The van der Waals surface area contributed by atoms with Crippen LogP contribution >= 0.6 is 0 Å². The van der Waals surface area contributed by atoms with E-state index in [0.717, 1.165) is 55.1 Å². The number of likely N-dealkylation sites (tertiary alicyclic amines) is 1. The molecule has 7 nitrogen and oxygen atoms in total. The molecule has 3 aromatic carbocycles. The second kappa shape index (κ2) is 10.6. The number of carbonyl (C=O) groups excluding carboxylic acids is 2. The molecule has 36 heavy (non-hydrogen) atoms. The number of piperidine rings is 1. The highest BCUT2D eigenvalue weighted by molar-refractivity contribution is 5.95. The van der Waals surface area contributed by atoms with Crippen LogP contribution in [0.25, 0.3) is 11.0 Å². The summed E-state index contributed by atoms with van der Waals surface area (Å²) in [6.07, 6.45) is 1.86. The number of anilines is 1. The third-order valence-corrected chi connectivity index (χ3v) is 6.64. The summed E-state index contributed by atoms with van der Waals surface area (Å²) in [6.45, 7) is 4.17. The van der Waals surface area contributed by atoms with Gasteiger partial charge in [-0.25, -0.2) is 4.98 Å². The Bertz CT molecular complexity index is 1340. The molecular formula is C29H30N4O3. The van der Waals surface area contributed by atoms with Crippen molar-refractivity contribution in [1.82, 2.24) is 14.5 Å². The van der Waals surface area contributed by atoms with Gasteiger partial charge in [0.1, 0.15) is 18.2 Å². The van der Waals surface area contributed by atoms with Crippen molar-refractivity contribution in [2.24, 2.45) is 5.92 Å². The molecule has 4 aromatic rings. The number of para-hydroxylation sites is 3. The van der Waals surface area contributed by atoms with Gasteiger partial charge >= 0.3 is 0 Å². The highest BCUT2D eigenvalue weighted by Gasteiger charge is 2.25. The number of benzene rings is 3. The highest BCUT2D eigenvalue weighted by Crippen LogP contribution is 2.25. The van der Waals surface area contributed by atoms with Gasteiger partial charge in [0.2, 0.25) is 5.91 Å². The maximum atomic E-state index is 13.0. The van der Waals surface area contributed by atoms with Crippen LogP contribution in [-0.2, 0) is 17.9 Å². The second-order valence-corrected chi connectivity index (χ2v) is 9.22. The molecule has 1 aliphatic heterocycles. The molecule has 0 unspecified atom stereocenters. The Morgan fingerprint density at radius 2 is 1.64 bits per heavy atom. The van der Waals surface area contributed by atoms with E-state index in [-0.39, 0.29) is 11.8 Å². The first-order chi connectivity index (χ1) is 17.6. The number of hydrogen-bond donors (Lipinski definition) is 1. The first-order valence-electron chi connectivity index (χ1n) is 12.4. The lowest BCUT2D eigenvalue weighted by Gasteiger charge is -2.32. The molecule has 7 heteroatoms. The highest BCUT2D eigenvalue weighted by atomic mass is 16.5. The molecule has 1 aliphatic rings. The summed E-state index contributed by atoms with van der Waals surface area (Å²) < 4.78 is 8.30. The maximum absolute atomic E-state index is 13.0. The van der Waals surface area contributed by atoms with Crippen molar-refractivity contribution in [3.05, 3.63) is 90.3 Å². The lowest BCUT2D eigenvalue weighted by molar-refractivity contribution is -0.114. The smallest absolute Gasteiger partial charge is 0.253 e. The van der Waals surface area contributed by atoms with Crippen LogP contribution in [0.4, 0.5) is 5.69 Å². The van der Waals surface area contributed by atoms with Gasteiger partial charge < -0.3 is 19.5 Å². The van der Waals surface area contributed by atoms with E-state index in [1.165, 1.54) is 6.92 Å². The lowest BCUT2D eigenvalue weighted by Crippen LogP contribution is -2.39. The molecule has 0 saturated carbocycles. The van der Waals surface area contributed by atoms with Gasteiger partial charge in [-0.15, -0.1) is 0 Å². The first-order valence-corrected chi connectivity index (χ1v) is 12.4. The van der Waals surface area contributed by atoms with Gasteiger partial charge in [0.05, 0.1) is 11.0 Å². The molecule has 1 fully saturated rings. The van der Waals surface area contributed by atoms with Gasteiger partial charge in [0.25, 0.3) is 5.91 Å².